The third-order valence-corrected chi connectivity index (χ3v) is 2.28. The summed E-state index contributed by atoms with van der Waals surface area (Å²) in [5.41, 5.74) is -1.58. The Morgan fingerprint density at radius 2 is 1.94 bits per heavy atom. The maximum absolute atomic E-state index is 11.0. The van der Waals surface area contributed by atoms with Gasteiger partial charge in [-0.3, -0.25) is 9.59 Å². The van der Waals surface area contributed by atoms with Gasteiger partial charge in [0.15, 0.2) is 0 Å². The van der Waals surface area contributed by atoms with E-state index in [1.807, 2.05) is 0 Å². The molecule has 0 aliphatic heterocycles. The summed E-state index contributed by atoms with van der Waals surface area (Å²) in [6.07, 6.45) is 0.353. The summed E-state index contributed by atoms with van der Waals surface area (Å²) in [5.74, 6) is -3.32. The first-order valence-electron chi connectivity index (χ1n) is 4.62. The van der Waals surface area contributed by atoms with Crippen molar-refractivity contribution in [1.82, 2.24) is 0 Å². The lowest BCUT2D eigenvalue weighted by Gasteiger charge is -2.25. The molecule has 90 valence electrons. The highest BCUT2D eigenvalue weighted by molar-refractivity contribution is 5.84. The lowest BCUT2D eigenvalue weighted by Crippen LogP contribution is -2.38. The fourth-order valence-electron chi connectivity index (χ4n) is 1.12. The van der Waals surface area contributed by atoms with Crippen molar-refractivity contribution in [2.24, 2.45) is 5.41 Å². The highest BCUT2D eigenvalue weighted by Gasteiger charge is 2.40. The van der Waals surface area contributed by atoms with Crippen molar-refractivity contribution in [3.05, 3.63) is 12.7 Å². The fraction of sp³-hybridized carbons (Fsp3) is 0.500. The summed E-state index contributed by atoms with van der Waals surface area (Å²) in [6.45, 7) is 4.20. The topological polar surface area (TPSA) is 101 Å². The van der Waals surface area contributed by atoms with Gasteiger partial charge in [0, 0.05) is 6.08 Å². The first-order chi connectivity index (χ1) is 7.38. The summed E-state index contributed by atoms with van der Waals surface area (Å²) < 4.78 is 4.61. The van der Waals surface area contributed by atoms with Gasteiger partial charge in [0.25, 0.3) is 0 Å². The normalized spacial score (nSPS) is 13.6. The quantitative estimate of drug-likeness (QED) is 0.492. The van der Waals surface area contributed by atoms with E-state index >= 15 is 0 Å². The summed E-state index contributed by atoms with van der Waals surface area (Å²) >= 11 is 0. The zero-order chi connectivity index (χ0) is 12.8. The number of rotatable bonds is 7. The van der Waals surface area contributed by atoms with Gasteiger partial charge in [0.1, 0.15) is 12.0 Å². The molecule has 0 radical (unpaired) electrons. The second kappa shape index (κ2) is 5.89. The van der Waals surface area contributed by atoms with Gasteiger partial charge < -0.3 is 14.9 Å². The van der Waals surface area contributed by atoms with Gasteiger partial charge in [-0.15, -0.1) is 0 Å². The number of aliphatic carboxylic acids is 2. The van der Waals surface area contributed by atoms with E-state index in [9.17, 15) is 14.4 Å². The number of hydrogen-bond donors (Lipinski definition) is 2. The molecule has 2 N–H and O–H groups in total. The number of carboxylic acids is 2. The van der Waals surface area contributed by atoms with Crippen LogP contribution in [0.25, 0.3) is 0 Å². The van der Waals surface area contributed by atoms with E-state index in [0.717, 1.165) is 6.08 Å². The molecule has 16 heavy (non-hydrogen) atoms. The lowest BCUT2D eigenvalue weighted by molar-refractivity contribution is -0.163. The van der Waals surface area contributed by atoms with Gasteiger partial charge in [-0.25, -0.2) is 4.79 Å². The molecule has 0 bridgehead atoms. The molecule has 0 fully saturated rings. The number of carbonyl (C=O) groups is 3. The number of hydrogen-bond acceptors (Lipinski definition) is 4. The SMILES string of the molecule is C=CC(=O)OCC(CC)(CC(=O)O)C(=O)O. The molecule has 0 spiro atoms. The van der Waals surface area contributed by atoms with Gasteiger partial charge in [-0.05, 0) is 6.42 Å². The molecule has 0 aliphatic rings. The molecular formula is C10H14O6. The van der Waals surface area contributed by atoms with Gasteiger partial charge >= 0.3 is 17.9 Å². The number of carboxylic acid groups (broad SMARTS) is 2. The highest BCUT2D eigenvalue weighted by atomic mass is 16.5. The van der Waals surface area contributed by atoms with Crippen LogP contribution >= 0.6 is 0 Å². The van der Waals surface area contributed by atoms with Gasteiger partial charge in [-0.2, -0.15) is 0 Å². The average molecular weight is 230 g/mol. The van der Waals surface area contributed by atoms with Crippen LogP contribution in [0.15, 0.2) is 12.7 Å². The third kappa shape index (κ3) is 3.72. The van der Waals surface area contributed by atoms with Gasteiger partial charge in [-0.1, -0.05) is 13.5 Å². The Morgan fingerprint density at radius 1 is 1.38 bits per heavy atom. The van der Waals surface area contributed by atoms with E-state index in [4.69, 9.17) is 10.2 Å². The fourth-order valence-corrected chi connectivity index (χ4v) is 1.12. The summed E-state index contributed by atoms with van der Waals surface area (Å²) in [6, 6.07) is 0. The Kier molecular flexibility index (Phi) is 5.21. The number of carbonyl (C=O) groups excluding carboxylic acids is 1. The number of esters is 1. The van der Waals surface area contributed by atoms with Crippen molar-refractivity contribution in [2.75, 3.05) is 6.61 Å². The van der Waals surface area contributed by atoms with Crippen molar-refractivity contribution < 1.29 is 29.3 Å². The van der Waals surface area contributed by atoms with Crippen LogP contribution in [0.5, 0.6) is 0 Å². The molecule has 1 atom stereocenters. The van der Waals surface area contributed by atoms with Crippen molar-refractivity contribution in [3.8, 4) is 0 Å². The Balaban J connectivity index is 4.76. The van der Waals surface area contributed by atoms with Crippen LogP contribution < -0.4 is 0 Å². The smallest absolute Gasteiger partial charge is 0.330 e. The molecule has 1 unspecified atom stereocenters. The Morgan fingerprint density at radius 3 is 2.25 bits per heavy atom. The summed E-state index contributed by atoms with van der Waals surface area (Å²) in [4.78, 5) is 32.4. The highest BCUT2D eigenvalue weighted by Crippen LogP contribution is 2.27. The average Bonchev–Trinajstić information content (AvgIpc) is 2.22. The monoisotopic (exact) mass is 230 g/mol. The molecule has 0 aliphatic carbocycles. The largest absolute Gasteiger partial charge is 0.481 e. The molecule has 6 heteroatoms. The third-order valence-electron chi connectivity index (χ3n) is 2.28. The molecule has 0 aromatic rings. The Labute approximate surface area is 92.5 Å². The standard InChI is InChI=1S/C10H14O6/c1-3-8(13)16-6-10(4-2,9(14)15)5-7(11)12/h3H,1,4-6H2,2H3,(H,11,12)(H,14,15). The van der Waals surface area contributed by atoms with E-state index in [1.54, 1.807) is 0 Å². The summed E-state index contributed by atoms with van der Waals surface area (Å²) in [5, 5.41) is 17.6. The molecule has 0 aromatic heterocycles. The second-order valence-electron chi connectivity index (χ2n) is 3.32. The molecule has 0 amide bonds. The Bertz CT molecular complexity index is 308. The number of ether oxygens (including phenoxy) is 1. The van der Waals surface area contributed by atoms with Crippen molar-refractivity contribution in [3.63, 3.8) is 0 Å². The molecule has 0 saturated heterocycles. The van der Waals surface area contributed by atoms with Crippen LogP contribution in [0.1, 0.15) is 19.8 Å². The van der Waals surface area contributed by atoms with Gasteiger partial charge in [0.2, 0.25) is 0 Å². The predicted molar refractivity (Wildman–Crippen MR) is 53.8 cm³/mol. The second-order valence-corrected chi connectivity index (χ2v) is 3.32. The summed E-state index contributed by atoms with van der Waals surface area (Å²) in [7, 11) is 0. The van der Waals surface area contributed by atoms with Crippen molar-refractivity contribution in [1.29, 1.82) is 0 Å². The predicted octanol–water partition coefficient (Wildman–Crippen LogP) is 0.671. The van der Waals surface area contributed by atoms with E-state index < -0.39 is 36.4 Å². The van der Waals surface area contributed by atoms with Gasteiger partial charge in [0.05, 0.1) is 6.42 Å². The Hall–Kier alpha value is -1.85. The zero-order valence-electron chi connectivity index (χ0n) is 8.93. The van der Waals surface area contributed by atoms with Crippen LogP contribution in [0, 0.1) is 5.41 Å². The van der Waals surface area contributed by atoms with Crippen LogP contribution in [0.4, 0.5) is 0 Å². The lowest BCUT2D eigenvalue weighted by atomic mass is 9.82. The molecule has 6 nitrogen and oxygen atoms in total. The molecule has 0 saturated carbocycles. The minimum atomic E-state index is -1.58. The first kappa shape index (κ1) is 14.2. The molecule has 0 heterocycles. The maximum Gasteiger partial charge on any atom is 0.330 e. The van der Waals surface area contributed by atoms with E-state index in [-0.39, 0.29) is 6.42 Å². The van der Waals surface area contributed by atoms with E-state index in [0.29, 0.717) is 0 Å². The molecule has 0 rings (SSSR count). The zero-order valence-corrected chi connectivity index (χ0v) is 8.93. The maximum atomic E-state index is 11.0. The minimum absolute atomic E-state index is 0.0546. The van der Waals surface area contributed by atoms with Crippen LogP contribution in [-0.4, -0.2) is 34.7 Å². The van der Waals surface area contributed by atoms with Crippen molar-refractivity contribution >= 4 is 17.9 Å². The van der Waals surface area contributed by atoms with Crippen LogP contribution in [0.2, 0.25) is 0 Å². The molecule has 0 aromatic carbocycles. The molecular weight excluding hydrogens is 216 g/mol. The van der Waals surface area contributed by atoms with Crippen molar-refractivity contribution in [2.45, 2.75) is 19.8 Å². The van der Waals surface area contributed by atoms with E-state index in [1.165, 1.54) is 6.92 Å². The van der Waals surface area contributed by atoms with Crippen LogP contribution in [0.3, 0.4) is 0 Å². The van der Waals surface area contributed by atoms with E-state index in [2.05, 4.69) is 11.3 Å². The van der Waals surface area contributed by atoms with Crippen LogP contribution in [-0.2, 0) is 19.1 Å². The first-order valence-corrected chi connectivity index (χ1v) is 4.62. The minimum Gasteiger partial charge on any atom is -0.481 e.